The van der Waals surface area contributed by atoms with Crippen LogP contribution < -0.4 is 0 Å². The molecule has 0 spiro atoms. The third-order valence-electron chi connectivity index (χ3n) is 4.57. The first kappa shape index (κ1) is 15.5. The largest absolute Gasteiger partial charge is 0.461 e. The van der Waals surface area contributed by atoms with Gasteiger partial charge in [-0.1, -0.05) is 67.6 Å². The van der Waals surface area contributed by atoms with Crippen molar-refractivity contribution in [2.45, 2.75) is 20.0 Å². The summed E-state index contributed by atoms with van der Waals surface area (Å²) >= 11 is 0. The van der Waals surface area contributed by atoms with Gasteiger partial charge in [0.25, 0.3) is 0 Å². The number of benzene rings is 2. The number of esters is 1. The molecule has 0 saturated heterocycles. The van der Waals surface area contributed by atoms with E-state index in [1.807, 2.05) is 67.6 Å². The molecular weight excluding hydrogens is 288 g/mol. The highest BCUT2D eigenvalue weighted by Crippen LogP contribution is 2.50. The maximum absolute atomic E-state index is 12.4. The lowest BCUT2D eigenvalue weighted by atomic mass is 10.1. The number of rotatable bonds is 6. The fourth-order valence-corrected chi connectivity index (χ4v) is 3.08. The van der Waals surface area contributed by atoms with E-state index in [0.29, 0.717) is 6.42 Å². The van der Waals surface area contributed by atoms with Crippen LogP contribution >= 0.6 is 0 Å². The number of ketones is 1. The van der Waals surface area contributed by atoms with Crippen LogP contribution in [0.4, 0.5) is 0 Å². The molecule has 3 rings (SSSR count). The first-order valence-corrected chi connectivity index (χ1v) is 7.95. The predicted octanol–water partition coefficient (Wildman–Crippen LogP) is 3.88. The molecule has 23 heavy (non-hydrogen) atoms. The summed E-state index contributed by atoms with van der Waals surface area (Å²) in [7, 11) is 0. The van der Waals surface area contributed by atoms with E-state index in [0.717, 1.165) is 11.1 Å². The van der Waals surface area contributed by atoms with Crippen molar-refractivity contribution in [2.75, 3.05) is 0 Å². The Morgan fingerprint density at radius 2 is 1.57 bits per heavy atom. The fourth-order valence-electron chi connectivity index (χ4n) is 3.08. The Bertz CT molecular complexity index is 679. The summed E-state index contributed by atoms with van der Waals surface area (Å²) < 4.78 is 5.31. The zero-order valence-electron chi connectivity index (χ0n) is 13.1. The monoisotopic (exact) mass is 308 g/mol. The topological polar surface area (TPSA) is 43.4 Å². The van der Waals surface area contributed by atoms with E-state index in [1.54, 1.807) is 0 Å². The molecule has 0 aromatic heterocycles. The van der Waals surface area contributed by atoms with Crippen molar-refractivity contribution in [3.05, 3.63) is 71.8 Å². The molecule has 118 valence electrons. The molecule has 3 nitrogen and oxygen atoms in total. The minimum Gasteiger partial charge on any atom is -0.461 e. The van der Waals surface area contributed by atoms with Crippen molar-refractivity contribution < 1.29 is 14.3 Å². The number of hydrogen-bond acceptors (Lipinski definition) is 3. The molecule has 0 heterocycles. The Balaban J connectivity index is 1.51. The minimum absolute atomic E-state index is 0.0540. The van der Waals surface area contributed by atoms with Gasteiger partial charge in [0.1, 0.15) is 6.61 Å². The summed E-state index contributed by atoms with van der Waals surface area (Å²) in [6.45, 7) is 2.32. The summed E-state index contributed by atoms with van der Waals surface area (Å²) in [4.78, 5) is 24.4. The lowest BCUT2D eigenvalue weighted by Crippen LogP contribution is -2.08. The number of Topliss-reactive ketones (excluding diaryl/α,β-unsaturated/α-hetero) is 1. The quantitative estimate of drug-likeness (QED) is 0.601. The minimum atomic E-state index is -0.228. The summed E-state index contributed by atoms with van der Waals surface area (Å²) in [5, 5.41) is 0. The first-order valence-electron chi connectivity index (χ1n) is 7.95. The molecule has 0 amide bonds. The highest BCUT2D eigenvalue weighted by molar-refractivity contribution is 6.00. The van der Waals surface area contributed by atoms with Crippen LogP contribution in [0.15, 0.2) is 60.7 Å². The van der Waals surface area contributed by atoms with Gasteiger partial charge in [-0.25, -0.2) is 0 Å². The molecule has 0 N–H and O–H groups in total. The second-order valence-electron chi connectivity index (χ2n) is 6.13. The van der Waals surface area contributed by atoms with Gasteiger partial charge in [-0.15, -0.1) is 0 Å². The van der Waals surface area contributed by atoms with Crippen LogP contribution in [0.1, 0.15) is 29.3 Å². The van der Waals surface area contributed by atoms with Crippen molar-refractivity contribution in [1.29, 1.82) is 0 Å². The van der Waals surface area contributed by atoms with Crippen LogP contribution in [-0.4, -0.2) is 11.8 Å². The summed E-state index contributed by atoms with van der Waals surface area (Å²) in [5.74, 6) is 0.202. The van der Waals surface area contributed by atoms with E-state index in [9.17, 15) is 9.59 Å². The molecular formula is C20H20O3. The second-order valence-corrected chi connectivity index (χ2v) is 6.13. The van der Waals surface area contributed by atoms with Crippen LogP contribution in [-0.2, 0) is 16.1 Å². The van der Waals surface area contributed by atoms with Crippen molar-refractivity contribution in [1.82, 2.24) is 0 Å². The van der Waals surface area contributed by atoms with E-state index in [4.69, 9.17) is 4.74 Å². The average Bonchev–Trinajstić information content (AvgIpc) is 3.23. The molecule has 1 aliphatic rings. The predicted molar refractivity (Wildman–Crippen MR) is 87.8 cm³/mol. The van der Waals surface area contributed by atoms with E-state index in [2.05, 4.69) is 0 Å². The van der Waals surface area contributed by atoms with Gasteiger partial charge in [-0.05, 0) is 17.4 Å². The third kappa shape index (κ3) is 3.67. The molecule has 0 unspecified atom stereocenters. The molecule has 1 saturated carbocycles. The van der Waals surface area contributed by atoms with Gasteiger partial charge in [0, 0.05) is 17.9 Å². The highest BCUT2D eigenvalue weighted by Gasteiger charge is 2.52. The lowest BCUT2D eigenvalue weighted by Gasteiger charge is -2.04. The average molecular weight is 308 g/mol. The SMILES string of the molecule is C[C@@H]1[C@H](CC(=O)OCc2ccccc2)[C@H]1C(=O)c1ccccc1. The summed E-state index contributed by atoms with van der Waals surface area (Å²) in [6.07, 6.45) is 0.317. The van der Waals surface area contributed by atoms with Crippen molar-refractivity contribution in [2.24, 2.45) is 17.8 Å². The van der Waals surface area contributed by atoms with Gasteiger partial charge in [0.2, 0.25) is 0 Å². The zero-order chi connectivity index (χ0) is 16.2. The van der Waals surface area contributed by atoms with Gasteiger partial charge in [-0.3, -0.25) is 9.59 Å². The summed E-state index contributed by atoms with van der Waals surface area (Å²) in [5.41, 5.74) is 1.70. The summed E-state index contributed by atoms with van der Waals surface area (Å²) in [6, 6.07) is 18.9. The number of ether oxygens (including phenoxy) is 1. The molecule has 0 radical (unpaired) electrons. The third-order valence-corrected chi connectivity index (χ3v) is 4.57. The Morgan fingerprint density at radius 1 is 0.957 bits per heavy atom. The fraction of sp³-hybridized carbons (Fsp3) is 0.300. The van der Waals surface area contributed by atoms with E-state index >= 15 is 0 Å². The molecule has 1 aliphatic carbocycles. The van der Waals surface area contributed by atoms with Crippen LogP contribution in [0.2, 0.25) is 0 Å². The van der Waals surface area contributed by atoms with Gasteiger partial charge < -0.3 is 4.74 Å². The van der Waals surface area contributed by atoms with Crippen LogP contribution in [0.5, 0.6) is 0 Å². The molecule has 2 aromatic rings. The molecule has 3 heteroatoms. The highest BCUT2D eigenvalue weighted by atomic mass is 16.5. The molecule has 2 aromatic carbocycles. The van der Waals surface area contributed by atoms with Gasteiger partial charge >= 0.3 is 5.97 Å². The lowest BCUT2D eigenvalue weighted by molar-refractivity contribution is -0.145. The normalized spacial score (nSPS) is 22.4. The van der Waals surface area contributed by atoms with Gasteiger partial charge in [-0.2, -0.15) is 0 Å². The standard InChI is InChI=1S/C20H20O3/c1-14-17(19(14)20(22)16-10-6-3-7-11-16)12-18(21)23-13-15-8-4-2-5-9-15/h2-11,14,17,19H,12-13H2,1H3/t14-,17+,19+/m1/s1. The molecule has 0 aliphatic heterocycles. The molecule has 0 bridgehead atoms. The Hall–Kier alpha value is -2.42. The number of hydrogen-bond donors (Lipinski definition) is 0. The molecule has 1 fully saturated rings. The first-order chi connectivity index (χ1) is 11.2. The van der Waals surface area contributed by atoms with Crippen molar-refractivity contribution in [3.63, 3.8) is 0 Å². The van der Waals surface area contributed by atoms with Gasteiger partial charge in [0.15, 0.2) is 5.78 Å². The Labute approximate surface area is 136 Å². The number of carbonyl (C=O) groups excluding carboxylic acids is 2. The smallest absolute Gasteiger partial charge is 0.306 e. The number of carbonyl (C=O) groups is 2. The van der Waals surface area contributed by atoms with E-state index < -0.39 is 0 Å². The molecule has 3 atom stereocenters. The van der Waals surface area contributed by atoms with Crippen LogP contribution in [0.3, 0.4) is 0 Å². The Kier molecular flexibility index (Phi) is 4.56. The maximum atomic E-state index is 12.4. The van der Waals surface area contributed by atoms with E-state index in [1.165, 1.54) is 0 Å². The van der Waals surface area contributed by atoms with Gasteiger partial charge in [0.05, 0.1) is 0 Å². The maximum Gasteiger partial charge on any atom is 0.306 e. The second kappa shape index (κ2) is 6.78. The van der Waals surface area contributed by atoms with E-state index in [-0.39, 0.29) is 36.1 Å². The van der Waals surface area contributed by atoms with Crippen molar-refractivity contribution >= 4 is 11.8 Å². The van der Waals surface area contributed by atoms with Crippen molar-refractivity contribution in [3.8, 4) is 0 Å². The zero-order valence-corrected chi connectivity index (χ0v) is 13.1. The van der Waals surface area contributed by atoms with Crippen LogP contribution in [0, 0.1) is 17.8 Å². The van der Waals surface area contributed by atoms with Crippen LogP contribution in [0.25, 0.3) is 0 Å². The Morgan fingerprint density at radius 3 is 2.22 bits per heavy atom.